The van der Waals surface area contributed by atoms with Gasteiger partial charge in [-0.25, -0.2) is 0 Å². The van der Waals surface area contributed by atoms with Gasteiger partial charge in [0.25, 0.3) is 0 Å². The Kier molecular flexibility index (Phi) is 2.89. The monoisotopic (exact) mass is 243 g/mol. The molecule has 0 aromatic heterocycles. The van der Waals surface area contributed by atoms with Crippen LogP contribution in [0.15, 0.2) is 29.3 Å². The van der Waals surface area contributed by atoms with E-state index < -0.39 is 4.33 Å². The molecule has 80 valence electrons. The quantitative estimate of drug-likeness (QED) is 0.732. The van der Waals surface area contributed by atoms with Crippen LogP contribution >= 0.6 is 23.2 Å². The topological polar surface area (TPSA) is 21.6 Å². The summed E-state index contributed by atoms with van der Waals surface area (Å²) in [5, 5.41) is 0. The number of hydrogen-bond donors (Lipinski definition) is 0. The highest BCUT2D eigenvalue weighted by atomic mass is 35.5. The van der Waals surface area contributed by atoms with Gasteiger partial charge in [-0.3, -0.25) is 4.99 Å². The first-order valence-electron chi connectivity index (χ1n) is 4.71. The molecule has 1 aromatic rings. The van der Waals surface area contributed by atoms with E-state index in [0.29, 0.717) is 13.0 Å². The molecule has 0 atom stereocenters. The van der Waals surface area contributed by atoms with Gasteiger partial charge in [0, 0.05) is 13.0 Å². The van der Waals surface area contributed by atoms with Crippen LogP contribution in [0, 0.1) is 0 Å². The van der Waals surface area contributed by atoms with Crippen LogP contribution in [-0.4, -0.2) is 23.7 Å². The lowest BCUT2D eigenvalue weighted by atomic mass is 10.1. The lowest BCUT2D eigenvalue weighted by molar-refractivity contribution is 0.415. The molecule has 0 N–H and O–H groups in total. The van der Waals surface area contributed by atoms with Crippen molar-refractivity contribution in [3.05, 3.63) is 29.8 Å². The molecule has 0 amide bonds. The van der Waals surface area contributed by atoms with E-state index in [4.69, 9.17) is 27.9 Å². The first-order chi connectivity index (χ1) is 7.13. The molecule has 1 aromatic carbocycles. The molecule has 15 heavy (non-hydrogen) atoms. The smallest absolute Gasteiger partial charge is 0.161 e. The third-order valence-electron chi connectivity index (χ3n) is 2.41. The van der Waals surface area contributed by atoms with Gasteiger partial charge in [0.05, 0.1) is 12.8 Å². The average Bonchev–Trinajstić information content (AvgIpc) is 2.58. The number of benzene rings is 1. The number of hydrogen-bond acceptors (Lipinski definition) is 2. The molecule has 1 aliphatic rings. The van der Waals surface area contributed by atoms with E-state index in [9.17, 15) is 0 Å². The van der Waals surface area contributed by atoms with Crippen LogP contribution in [0.1, 0.15) is 12.0 Å². The van der Waals surface area contributed by atoms with Gasteiger partial charge in [-0.15, -0.1) is 0 Å². The van der Waals surface area contributed by atoms with Crippen molar-refractivity contribution in [3.63, 3.8) is 0 Å². The second-order valence-electron chi connectivity index (χ2n) is 3.41. The molecule has 0 fully saturated rings. The molecule has 0 spiro atoms. The summed E-state index contributed by atoms with van der Waals surface area (Å²) >= 11 is 12.3. The Morgan fingerprint density at radius 2 is 1.93 bits per heavy atom. The van der Waals surface area contributed by atoms with E-state index in [2.05, 4.69) is 4.99 Å². The van der Waals surface area contributed by atoms with Crippen molar-refractivity contribution in [2.24, 2.45) is 4.99 Å². The van der Waals surface area contributed by atoms with Crippen LogP contribution in [0.2, 0.25) is 0 Å². The molecule has 0 aliphatic carbocycles. The molecule has 2 rings (SSSR count). The van der Waals surface area contributed by atoms with E-state index in [1.807, 2.05) is 24.3 Å². The first kappa shape index (κ1) is 10.8. The maximum absolute atomic E-state index is 6.15. The zero-order chi connectivity index (χ0) is 10.9. The Morgan fingerprint density at radius 1 is 1.27 bits per heavy atom. The summed E-state index contributed by atoms with van der Waals surface area (Å²) in [4.78, 5) is 4.33. The minimum atomic E-state index is -0.839. The Morgan fingerprint density at radius 3 is 2.40 bits per heavy atom. The normalized spacial score (nSPS) is 18.7. The van der Waals surface area contributed by atoms with Gasteiger partial charge in [-0.05, 0) is 29.8 Å². The SMILES string of the molecule is COc1ccc(C2=NCCC2(Cl)Cl)cc1. The third-order valence-corrected chi connectivity index (χ3v) is 3.14. The largest absolute Gasteiger partial charge is 0.497 e. The summed E-state index contributed by atoms with van der Waals surface area (Å²) in [6, 6.07) is 7.59. The van der Waals surface area contributed by atoms with Crippen LogP contribution in [0.25, 0.3) is 0 Å². The number of nitrogens with zero attached hydrogens (tertiary/aromatic N) is 1. The van der Waals surface area contributed by atoms with E-state index in [-0.39, 0.29) is 0 Å². The molecule has 0 unspecified atom stereocenters. The van der Waals surface area contributed by atoms with Crippen LogP contribution in [0.5, 0.6) is 5.75 Å². The summed E-state index contributed by atoms with van der Waals surface area (Å²) in [5.41, 5.74) is 1.71. The molecule has 0 bridgehead atoms. The summed E-state index contributed by atoms with van der Waals surface area (Å²) in [7, 11) is 1.63. The predicted molar refractivity (Wildman–Crippen MR) is 63.5 cm³/mol. The van der Waals surface area contributed by atoms with Crippen molar-refractivity contribution in [3.8, 4) is 5.75 Å². The number of ether oxygens (including phenoxy) is 1. The van der Waals surface area contributed by atoms with Gasteiger partial charge in [-0.1, -0.05) is 23.2 Å². The van der Waals surface area contributed by atoms with E-state index in [0.717, 1.165) is 17.0 Å². The molecular weight excluding hydrogens is 233 g/mol. The number of alkyl halides is 2. The summed E-state index contributed by atoms with van der Waals surface area (Å²) < 4.78 is 4.24. The Labute approximate surface area is 98.9 Å². The van der Waals surface area contributed by atoms with E-state index >= 15 is 0 Å². The minimum Gasteiger partial charge on any atom is -0.497 e. The number of halogens is 2. The Balaban J connectivity index is 2.30. The zero-order valence-corrected chi connectivity index (χ0v) is 9.85. The lowest BCUT2D eigenvalue weighted by Gasteiger charge is -2.15. The predicted octanol–water partition coefficient (Wildman–Crippen LogP) is 3.06. The molecule has 0 saturated heterocycles. The van der Waals surface area contributed by atoms with Crippen LogP contribution in [0.3, 0.4) is 0 Å². The van der Waals surface area contributed by atoms with Crippen molar-refractivity contribution < 1.29 is 4.74 Å². The molecule has 1 heterocycles. The fraction of sp³-hybridized carbons (Fsp3) is 0.364. The third kappa shape index (κ3) is 2.11. The molecular formula is C11H11Cl2NO. The molecule has 4 heteroatoms. The highest BCUT2D eigenvalue weighted by Crippen LogP contribution is 2.35. The van der Waals surface area contributed by atoms with Crippen LogP contribution in [0.4, 0.5) is 0 Å². The van der Waals surface area contributed by atoms with Gasteiger partial charge in [0.2, 0.25) is 0 Å². The second-order valence-corrected chi connectivity index (χ2v) is 4.90. The second kappa shape index (κ2) is 4.03. The summed E-state index contributed by atoms with van der Waals surface area (Å²) in [6.45, 7) is 0.689. The fourth-order valence-electron chi connectivity index (χ4n) is 1.59. The summed E-state index contributed by atoms with van der Waals surface area (Å²) in [6.07, 6.45) is 0.678. The molecule has 0 radical (unpaired) electrons. The summed E-state index contributed by atoms with van der Waals surface area (Å²) in [5.74, 6) is 0.812. The van der Waals surface area contributed by atoms with Crippen molar-refractivity contribution in [2.75, 3.05) is 13.7 Å². The van der Waals surface area contributed by atoms with Crippen molar-refractivity contribution in [2.45, 2.75) is 10.8 Å². The zero-order valence-electron chi connectivity index (χ0n) is 8.34. The number of methoxy groups -OCH3 is 1. The highest BCUT2D eigenvalue weighted by Gasteiger charge is 2.35. The van der Waals surface area contributed by atoms with E-state index in [1.54, 1.807) is 7.11 Å². The Bertz CT molecular complexity index is 384. The average molecular weight is 244 g/mol. The van der Waals surface area contributed by atoms with Gasteiger partial charge >= 0.3 is 0 Å². The highest BCUT2D eigenvalue weighted by molar-refractivity contribution is 6.61. The Hall–Kier alpha value is -0.730. The molecule has 2 nitrogen and oxygen atoms in total. The maximum Gasteiger partial charge on any atom is 0.161 e. The van der Waals surface area contributed by atoms with Gasteiger partial charge < -0.3 is 4.74 Å². The first-order valence-corrected chi connectivity index (χ1v) is 5.46. The van der Waals surface area contributed by atoms with Crippen LogP contribution < -0.4 is 4.74 Å². The number of aliphatic imine (C=N–C) groups is 1. The fourth-order valence-corrected chi connectivity index (χ4v) is 2.10. The minimum absolute atomic E-state index is 0.678. The molecule has 0 saturated carbocycles. The number of rotatable bonds is 2. The lowest BCUT2D eigenvalue weighted by Crippen LogP contribution is -2.22. The van der Waals surface area contributed by atoms with Gasteiger partial charge in [0.1, 0.15) is 5.75 Å². The standard InChI is InChI=1S/C11H11Cl2NO/c1-15-9-4-2-8(3-5-9)10-11(12,13)6-7-14-10/h2-5H,6-7H2,1H3. The van der Waals surface area contributed by atoms with E-state index in [1.165, 1.54) is 0 Å². The van der Waals surface area contributed by atoms with Gasteiger partial charge in [-0.2, -0.15) is 0 Å². The van der Waals surface area contributed by atoms with Crippen molar-refractivity contribution in [1.82, 2.24) is 0 Å². The van der Waals surface area contributed by atoms with Crippen molar-refractivity contribution >= 4 is 28.9 Å². The molecule has 1 aliphatic heterocycles. The maximum atomic E-state index is 6.15. The van der Waals surface area contributed by atoms with Gasteiger partial charge in [0.15, 0.2) is 4.33 Å². The van der Waals surface area contributed by atoms with Crippen LogP contribution in [-0.2, 0) is 0 Å². The van der Waals surface area contributed by atoms with Crippen molar-refractivity contribution in [1.29, 1.82) is 0 Å².